The Labute approximate surface area is 154 Å². The highest BCUT2D eigenvalue weighted by atomic mass is 16.5. The molecule has 0 heterocycles. The number of unbranched alkanes of at least 4 members (excludes halogenated alkanes) is 5. The largest absolute Gasteiger partial charge is 0.475 e. The van der Waals surface area contributed by atoms with E-state index >= 15 is 0 Å². The van der Waals surface area contributed by atoms with E-state index in [1.807, 2.05) is 18.2 Å². The van der Waals surface area contributed by atoms with E-state index in [0.29, 0.717) is 5.75 Å². The lowest BCUT2D eigenvalue weighted by molar-refractivity contribution is -0.131. The molecule has 2 aromatic rings. The second-order valence-corrected chi connectivity index (χ2v) is 6.43. The molecule has 0 radical (unpaired) electrons. The summed E-state index contributed by atoms with van der Waals surface area (Å²) in [6.07, 6.45) is 8.68. The highest BCUT2D eigenvalue weighted by Crippen LogP contribution is 2.23. The number of ether oxygens (including phenoxy) is 1. The quantitative estimate of drug-likeness (QED) is 0.322. The third-order valence-electron chi connectivity index (χ3n) is 4.26. The zero-order chi connectivity index (χ0) is 18.8. The predicted molar refractivity (Wildman–Crippen MR) is 102 cm³/mol. The maximum Gasteiger partial charge on any atom is 0.377 e. The highest BCUT2D eigenvalue weighted by Gasteiger charge is 2.14. The Morgan fingerprint density at radius 1 is 0.885 bits per heavy atom. The molecule has 0 aromatic heterocycles. The number of carboxylic acids is 1. The Hall–Kier alpha value is -2.62. The van der Waals surface area contributed by atoms with Crippen molar-refractivity contribution in [2.45, 2.75) is 51.9 Å². The van der Waals surface area contributed by atoms with Crippen LogP contribution in [0.4, 0.5) is 0 Å². The number of carbonyl (C=O) groups excluding carboxylic acids is 1. The maximum absolute atomic E-state index is 11.4. The summed E-state index contributed by atoms with van der Waals surface area (Å²) in [6, 6.07) is 14.1. The average Bonchev–Trinajstić information content (AvgIpc) is 2.65. The summed E-state index contributed by atoms with van der Waals surface area (Å²) in [6.45, 7) is 2.23. The molecule has 4 heteroatoms. The van der Waals surface area contributed by atoms with Crippen molar-refractivity contribution < 1.29 is 19.4 Å². The minimum absolute atomic E-state index is 0.140. The zero-order valence-electron chi connectivity index (χ0n) is 15.2. The van der Waals surface area contributed by atoms with E-state index in [1.165, 1.54) is 56.2 Å². The second kappa shape index (κ2) is 10.4. The predicted octanol–water partition coefficient (Wildman–Crippen LogP) is 5.65. The number of rotatable bonds is 11. The molecule has 0 spiro atoms. The molecule has 0 fully saturated rings. The Bertz CT molecular complexity index is 719. The molecule has 1 N–H and O–H groups in total. The van der Waals surface area contributed by atoms with Crippen molar-refractivity contribution in [3.8, 4) is 11.5 Å². The van der Waals surface area contributed by atoms with Gasteiger partial charge in [-0.1, -0.05) is 51.2 Å². The number of hydrogen-bond donors (Lipinski definition) is 1. The Balaban J connectivity index is 1.87. The number of carboxylic acid groups (broad SMARTS) is 1. The van der Waals surface area contributed by atoms with Crippen LogP contribution in [0.25, 0.3) is 0 Å². The van der Waals surface area contributed by atoms with E-state index in [-0.39, 0.29) is 5.56 Å². The van der Waals surface area contributed by atoms with Crippen molar-refractivity contribution in [3.05, 3.63) is 59.7 Å². The first-order chi connectivity index (χ1) is 12.6. The zero-order valence-corrected chi connectivity index (χ0v) is 15.2. The van der Waals surface area contributed by atoms with Crippen molar-refractivity contribution in [1.82, 2.24) is 0 Å². The van der Waals surface area contributed by atoms with Gasteiger partial charge < -0.3 is 9.84 Å². The molecule has 138 valence electrons. The van der Waals surface area contributed by atoms with Crippen molar-refractivity contribution in [2.24, 2.45) is 0 Å². The van der Waals surface area contributed by atoms with E-state index in [0.717, 1.165) is 12.2 Å². The van der Waals surface area contributed by atoms with Gasteiger partial charge in [0.15, 0.2) is 0 Å². The minimum atomic E-state index is -1.46. The van der Waals surface area contributed by atoms with Gasteiger partial charge in [0, 0.05) is 5.56 Å². The SMILES string of the molecule is CCCCCCCCc1cccc(Oc2ccc(C(=O)C(=O)O)cc2)c1. The molecule has 26 heavy (non-hydrogen) atoms. The molecular formula is C22H26O4. The van der Waals surface area contributed by atoms with Crippen molar-refractivity contribution >= 4 is 11.8 Å². The lowest BCUT2D eigenvalue weighted by atomic mass is 10.0. The van der Waals surface area contributed by atoms with Crippen LogP contribution in [0.3, 0.4) is 0 Å². The van der Waals surface area contributed by atoms with Crippen LogP contribution < -0.4 is 4.74 Å². The Morgan fingerprint density at radius 2 is 1.58 bits per heavy atom. The van der Waals surface area contributed by atoms with Crippen LogP contribution in [0, 0.1) is 0 Å². The smallest absolute Gasteiger partial charge is 0.377 e. The summed E-state index contributed by atoms with van der Waals surface area (Å²) in [5.41, 5.74) is 1.39. The fraction of sp³-hybridized carbons (Fsp3) is 0.364. The second-order valence-electron chi connectivity index (χ2n) is 6.43. The third kappa shape index (κ3) is 6.36. The van der Waals surface area contributed by atoms with Gasteiger partial charge in [0.25, 0.3) is 5.78 Å². The van der Waals surface area contributed by atoms with Crippen LogP contribution in [0.1, 0.15) is 61.4 Å². The van der Waals surface area contributed by atoms with Crippen LogP contribution in [0.2, 0.25) is 0 Å². The maximum atomic E-state index is 11.4. The molecule has 2 aromatic carbocycles. The fourth-order valence-corrected chi connectivity index (χ4v) is 2.81. The van der Waals surface area contributed by atoms with E-state index < -0.39 is 11.8 Å². The first-order valence-corrected chi connectivity index (χ1v) is 9.24. The number of aliphatic carboxylic acids is 1. The van der Waals surface area contributed by atoms with Crippen LogP contribution in [0.15, 0.2) is 48.5 Å². The highest BCUT2D eigenvalue weighted by molar-refractivity contribution is 6.39. The van der Waals surface area contributed by atoms with E-state index in [2.05, 4.69) is 13.0 Å². The van der Waals surface area contributed by atoms with E-state index in [9.17, 15) is 9.59 Å². The standard InChI is InChI=1S/C22H26O4/c1-2-3-4-5-6-7-9-17-10-8-11-20(16-17)26-19-14-12-18(13-15-19)21(23)22(24)25/h8,10-16H,2-7,9H2,1H3,(H,24,25). The van der Waals surface area contributed by atoms with Gasteiger partial charge in [-0.3, -0.25) is 4.79 Å². The fourth-order valence-electron chi connectivity index (χ4n) is 2.81. The van der Waals surface area contributed by atoms with E-state index in [1.54, 1.807) is 12.1 Å². The molecule has 0 aliphatic carbocycles. The van der Waals surface area contributed by atoms with Gasteiger partial charge in [-0.05, 0) is 54.8 Å². The van der Waals surface area contributed by atoms with Crippen LogP contribution in [-0.2, 0) is 11.2 Å². The average molecular weight is 354 g/mol. The van der Waals surface area contributed by atoms with Gasteiger partial charge in [0.1, 0.15) is 11.5 Å². The molecule has 0 aliphatic heterocycles. The summed E-state index contributed by atoms with van der Waals surface area (Å²) >= 11 is 0. The number of benzene rings is 2. The summed E-state index contributed by atoms with van der Waals surface area (Å²) in [4.78, 5) is 22.1. The summed E-state index contributed by atoms with van der Waals surface area (Å²) in [5, 5.41) is 8.72. The van der Waals surface area contributed by atoms with Gasteiger partial charge in [0.05, 0.1) is 0 Å². The monoisotopic (exact) mass is 354 g/mol. The molecule has 4 nitrogen and oxygen atoms in total. The molecule has 0 saturated heterocycles. The van der Waals surface area contributed by atoms with Crippen LogP contribution in [-0.4, -0.2) is 16.9 Å². The number of Topliss-reactive ketones (excluding diaryl/α,β-unsaturated/α-hetero) is 1. The third-order valence-corrected chi connectivity index (χ3v) is 4.26. The molecule has 0 bridgehead atoms. The van der Waals surface area contributed by atoms with Gasteiger partial charge in [-0.2, -0.15) is 0 Å². The normalized spacial score (nSPS) is 10.5. The number of aryl methyl sites for hydroxylation is 1. The summed E-state index contributed by atoms with van der Waals surface area (Å²) in [7, 11) is 0. The van der Waals surface area contributed by atoms with Gasteiger partial charge >= 0.3 is 5.97 Å². The number of carbonyl (C=O) groups is 2. The van der Waals surface area contributed by atoms with Gasteiger partial charge in [-0.25, -0.2) is 4.79 Å². The first kappa shape index (κ1) is 19.7. The number of hydrogen-bond acceptors (Lipinski definition) is 3. The molecular weight excluding hydrogens is 328 g/mol. The van der Waals surface area contributed by atoms with E-state index in [4.69, 9.17) is 9.84 Å². The summed E-state index contributed by atoms with van der Waals surface area (Å²) < 4.78 is 5.81. The Morgan fingerprint density at radius 3 is 2.27 bits per heavy atom. The molecule has 0 saturated carbocycles. The van der Waals surface area contributed by atoms with Gasteiger partial charge in [-0.15, -0.1) is 0 Å². The first-order valence-electron chi connectivity index (χ1n) is 9.24. The molecule has 2 rings (SSSR count). The molecule has 0 unspecified atom stereocenters. The van der Waals surface area contributed by atoms with Crippen LogP contribution >= 0.6 is 0 Å². The van der Waals surface area contributed by atoms with Crippen LogP contribution in [0.5, 0.6) is 11.5 Å². The van der Waals surface area contributed by atoms with Crippen molar-refractivity contribution in [3.63, 3.8) is 0 Å². The minimum Gasteiger partial charge on any atom is -0.475 e. The lowest BCUT2D eigenvalue weighted by Gasteiger charge is -2.08. The molecule has 0 atom stereocenters. The Kier molecular flexibility index (Phi) is 7.87. The topological polar surface area (TPSA) is 63.6 Å². The number of ketones is 1. The lowest BCUT2D eigenvalue weighted by Crippen LogP contribution is -2.12. The van der Waals surface area contributed by atoms with Crippen molar-refractivity contribution in [2.75, 3.05) is 0 Å². The van der Waals surface area contributed by atoms with Gasteiger partial charge in [0.2, 0.25) is 0 Å². The van der Waals surface area contributed by atoms with Crippen molar-refractivity contribution in [1.29, 1.82) is 0 Å². The molecule has 0 amide bonds. The summed E-state index contributed by atoms with van der Waals surface area (Å²) in [5.74, 6) is -1.06. The molecule has 0 aliphatic rings.